The first kappa shape index (κ1) is 32.3. The summed E-state index contributed by atoms with van der Waals surface area (Å²) in [5, 5.41) is 7.27. The Kier molecular flexibility index (Phi) is 8.82. The number of carbonyl (C=O) groups excluding carboxylic acids is 2. The van der Waals surface area contributed by atoms with Gasteiger partial charge in [0.05, 0.1) is 39.4 Å². The summed E-state index contributed by atoms with van der Waals surface area (Å²) < 4.78 is 13.6. The van der Waals surface area contributed by atoms with Crippen LogP contribution in [-0.2, 0) is 9.16 Å². The molecule has 3 aromatic heterocycles. The minimum Gasteiger partial charge on any atom is -0.444 e. The van der Waals surface area contributed by atoms with Crippen LogP contribution in [0.1, 0.15) is 82.7 Å². The molecular formula is C32H46N6O4SSi. The molecule has 12 heteroatoms. The Labute approximate surface area is 265 Å². The van der Waals surface area contributed by atoms with Gasteiger partial charge in [-0.1, -0.05) is 27.7 Å². The van der Waals surface area contributed by atoms with E-state index in [0.717, 1.165) is 15.4 Å². The Hall–Kier alpha value is -3.09. The van der Waals surface area contributed by atoms with Crippen molar-refractivity contribution in [1.29, 1.82) is 0 Å². The van der Waals surface area contributed by atoms with Crippen LogP contribution in [0.15, 0.2) is 30.6 Å². The molecule has 1 aliphatic carbocycles. The molecule has 1 aliphatic heterocycles. The highest BCUT2D eigenvalue weighted by Crippen LogP contribution is 2.43. The molecule has 0 bridgehead atoms. The van der Waals surface area contributed by atoms with Crippen LogP contribution in [0.5, 0.6) is 0 Å². The van der Waals surface area contributed by atoms with E-state index >= 15 is 0 Å². The van der Waals surface area contributed by atoms with Crippen molar-refractivity contribution in [2.45, 2.75) is 103 Å². The van der Waals surface area contributed by atoms with Crippen LogP contribution in [0.3, 0.4) is 0 Å². The SMILES string of the molecule is C[C@H]1CN(c2ccncc2NC(=O)c2ccc3sc(C4CC4)nc3n2)C[C@@H](NC(=O)OC(C)(C)C)[C@@H]1O[Si](C)(C)C(C)(C)C. The normalized spacial score (nSPS) is 21.3. The van der Waals surface area contributed by atoms with E-state index in [-0.39, 0.29) is 29.0 Å². The van der Waals surface area contributed by atoms with E-state index in [9.17, 15) is 9.59 Å². The van der Waals surface area contributed by atoms with E-state index in [1.807, 2.05) is 32.9 Å². The molecule has 2 N–H and O–H groups in total. The Balaban J connectivity index is 1.38. The second-order valence-corrected chi connectivity index (χ2v) is 20.5. The number of amides is 2. The van der Waals surface area contributed by atoms with Crippen LogP contribution in [0.25, 0.3) is 10.3 Å². The molecule has 5 rings (SSSR count). The number of thiazole rings is 1. The average Bonchev–Trinajstić information content (AvgIpc) is 3.67. The molecule has 0 radical (unpaired) electrons. The Morgan fingerprint density at radius 1 is 1.05 bits per heavy atom. The lowest BCUT2D eigenvalue weighted by Gasteiger charge is -2.48. The zero-order valence-corrected chi connectivity index (χ0v) is 29.2. The largest absolute Gasteiger partial charge is 0.444 e. The zero-order chi connectivity index (χ0) is 32.0. The number of fused-ring (bicyclic) bond motifs is 1. The van der Waals surface area contributed by atoms with Crippen LogP contribution >= 0.6 is 11.3 Å². The highest BCUT2D eigenvalue weighted by molar-refractivity contribution is 7.18. The summed E-state index contributed by atoms with van der Waals surface area (Å²) in [6.45, 7) is 20.0. The van der Waals surface area contributed by atoms with Crippen molar-refractivity contribution in [3.05, 3.63) is 41.3 Å². The van der Waals surface area contributed by atoms with E-state index in [1.165, 1.54) is 12.8 Å². The summed E-state index contributed by atoms with van der Waals surface area (Å²) in [6.07, 6.45) is 5.03. The lowest BCUT2D eigenvalue weighted by molar-refractivity contribution is 0.0336. The minimum absolute atomic E-state index is 0.0118. The predicted octanol–water partition coefficient (Wildman–Crippen LogP) is 6.96. The number of carbonyl (C=O) groups is 2. The number of hydrogen-bond donors (Lipinski definition) is 2. The monoisotopic (exact) mass is 638 g/mol. The van der Waals surface area contributed by atoms with Crippen LogP contribution in [0, 0.1) is 5.92 Å². The van der Waals surface area contributed by atoms with Gasteiger partial charge in [0.15, 0.2) is 14.0 Å². The fourth-order valence-corrected chi connectivity index (χ4v) is 7.68. The van der Waals surface area contributed by atoms with Gasteiger partial charge in [0.25, 0.3) is 5.91 Å². The fraction of sp³-hybridized carbons (Fsp3) is 0.594. The molecule has 4 heterocycles. The number of pyridine rings is 2. The maximum absolute atomic E-state index is 13.4. The summed E-state index contributed by atoms with van der Waals surface area (Å²) >= 11 is 1.66. The first-order chi connectivity index (χ1) is 20.5. The second-order valence-electron chi connectivity index (χ2n) is 14.7. The van der Waals surface area contributed by atoms with E-state index in [0.29, 0.717) is 36.0 Å². The Morgan fingerprint density at radius 3 is 2.43 bits per heavy atom. The van der Waals surface area contributed by atoms with Gasteiger partial charge in [-0.2, -0.15) is 0 Å². The Morgan fingerprint density at radius 2 is 1.77 bits per heavy atom. The maximum Gasteiger partial charge on any atom is 0.408 e. The van der Waals surface area contributed by atoms with E-state index in [4.69, 9.17) is 9.16 Å². The second kappa shape index (κ2) is 12.0. The number of nitrogens with zero attached hydrogens (tertiary/aromatic N) is 4. The van der Waals surface area contributed by atoms with Crippen molar-refractivity contribution >= 4 is 53.4 Å². The minimum atomic E-state index is -2.16. The number of ether oxygens (including phenoxy) is 1. The van der Waals surface area contributed by atoms with Crippen LogP contribution < -0.4 is 15.5 Å². The molecule has 0 spiro atoms. The number of rotatable bonds is 7. The molecule has 0 unspecified atom stereocenters. The van der Waals surface area contributed by atoms with Crippen molar-refractivity contribution in [3.63, 3.8) is 0 Å². The molecule has 3 atom stereocenters. The highest BCUT2D eigenvalue weighted by atomic mass is 32.1. The van der Waals surface area contributed by atoms with Gasteiger partial charge in [-0.3, -0.25) is 9.78 Å². The molecule has 0 aromatic carbocycles. The zero-order valence-electron chi connectivity index (χ0n) is 27.4. The van der Waals surface area contributed by atoms with Crippen molar-refractivity contribution < 1.29 is 18.8 Å². The molecule has 2 amide bonds. The number of piperidine rings is 1. The van der Waals surface area contributed by atoms with Gasteiger partial charge in [-0.25, -0.2) is 14.8 Å². The number of alkyl carbamates (subject to hydrolysis) is 1. The highest BCUT2D eigenvalue weighted by Gasteiger charge is 2.45. The molecule has 10 nitrogen and oxygen atoms in total. The molecule has 238 valence electrons. The maximum atomic E-state index is 13.4. The molecule has 1 saturated carbocycles. The first-order valence-electron chi connectivity index (χ1n) is 15.5. The summed E-state index contributed by atoms with van der Waals surface area (Å²) in [5.74, 6) is 0.288. The van der Waals surface area contributed by atoms with E-state index in [2.05, 4.69) is 71.3 Å². The van der Waals surface area contributed by atoms with Crippen LogP contribution in [0.2, 0.25) is 18.1 Å². The third-order valence-corrected chi connectivity index (χ3v) is 14.3. The van der Waals surface area contributed by atoms with E-state index < -0.39 is 20.0 Å². The Bertz CT molecular complexity index is 1530. The standard InChI is InChI=1S/C32H46N6O4SSi/c1-19-17-38(18-23(36-30(40)41-31(2,3)4)26(19)42-44(8,9)32(5,6)7)24-14-15-33-16-22(24)35-28(39)21-12-13-25-27(34-21)37-29(43-25)20-10-11-20/h12-16,19-20,23,26H,10-11,17-18H2,1-9H3,(H,35,39)(H,36,40)/t19-,23+,26+/m0/s1. The predicted molar refractivity (Wildman–Crippen MR) is 178 cm³/mol. The molecule has 44 heavy (non-hydrogen) atoms. The topological polar surface area (TPSA) is 119 Å². The van der Waals surface area contributed by atoms with Crippen molar-refractivity contribution in [2.75, 3.05) is 23.3 Å². The van der Waals surface area contributed by atoms with Gasteiger partial charge >= 0.3 is 6.09 Å². The van der Waals surface area contributed by atoms with Crippen LogP contribution in [0.4, 0.5) is 16.2 Å². The summed E-state index contributed by atoms with van der Waals surface area (Å²) in [7, 11) is -2.16. The quantitative estimate of drug-likeness (QED) is 0.267. The summed E-state index contributed by atoms with van der Waals surface area (Å²) in [5.41, 5.74) is 1.68. The van der Waals surface area contributed by atoms with E-state index in [1.54, 1.807) is 29.8 Å². The lowest BCUT2D eigenvalue weighted by atomic mass is 9.92. The summed E-state index contributed by atoms with van der Waals surface area (Å²) in [4.78, 5) is 42.2. The molecular weight excluding hydrogens is 593 g/mol. The smallest absolute Gasteiger partial charge is 0.408 e. The van der Waals surface area contributed by atoms with Crippen molar-refractivity contribution in [2.24, 2.45) is 5.92 Å². The average molecular weight is 639 g/mol. The van der Waals surface area contributed by atoms with Gasteiger partial charge < -0.3 is 24.7 Å². The fourth-order valence-electron chi connectivity index (χ4n) is 5.17. The third kappa shape index (κ3) is 7.40. The number of hydrogen-bond acceptors (Lipinski definition) is 9. The van der Waals surface area contributed by atoms with Crippen LogP contribution in [-0.4, -0.2) is 66.1 Å². The van der Waals surface area contributed by atoms with Crippen molar-refractivity contribution in [3.8, 4) is 0 Å². The van der Waals surface area contributed by atoms with Crippen molar-refractivity contribution in [1.82, 2.24) is 20.3 Å². The third-order valence-electron chi connectivity index (χ3n) is 8.64. The first-order valence-corrected chi connectivity index (χ1v) is 19.2. The molecule has 2 fully saturated rings. The van der Waals surface area contributed by atoms with Gasteiger partial charge in [-0.15, -0.1) is 11.3 Å². The van der Waals surface area contributed by atoms with Gasteiger partial charge in [0.1, 0.15) is 11.3 Å². The number of nitrogens with one attached hydrogen (secondary N) is 2. The number of aromatic nitrogens is 3. The molecule has 3 aromatic rings. The lowest BCUT2D eigenvalue weighted by Crippen LogP contribution is -2.63. The van der Waals surface area contributed by atoms with Gasteiger partial charge in [0.2, 0.25) is 0 Å². The van der Waals surface area contributed by atoms with Gasteiger partial charge in [-0.05, 0) is 69.9 Å². The van der Waals surface area contributed by atoms with Gasteiger partial charge in [0, 0.05) is 31.1 Å². The number of anilines is 2. The molecule has 1 saturated heterocycles. The summed E-state index contributed by atoms with van der Waals surface area (Å²) in [6, 6.07) is 5.22. The molecule has 2 aliphatic rings.